The van der Waals surface area contributed by atoms with Crippen LogP contribution in [-0.4, -0.2) is 71.7 Å². The summed E-state index contributed by atoms with van der Waals surface area (Å²) in [6.07, 6.45) is 3.87. The maximum Gasteiger partial charge on any atom is 0.242 e. The molecule has 3 saturated heterocycles. The fourth-order valence-corrected chi connectivity index (χ4v) is 5.07. The molecule has 1 N–H and O–H groups in total. The molecule has 3 aliphatic heterocycles. The third kappa shape index (κ3) is 3.61. The number of amides is 2. The minimum Gasteiger partial charge on any atom is -0.394 e. The summed E-state index contributed by atoms with van der Waals surface area (Å²) in [5, 5.41) is 9.95. The molecule has 1 saturated carbocycles. The first-order valence-corrected chi connectivity index (χ1v) is 11.1. The number of rotatable bonds is 3. The highest BCUT2D eigenvalue weighted by Crippen LogP contribution is 2.43. The van der Waals surface area contributed by atoms with Crippen LogP contribution in [0.2, 0.25) is 0 Å². The highest BCUT2D eigenvalue weighted by atomic mass is 16.5. The molecular formula is C24H28N2O4. The first kappa shape index (κ1) is 19.6. The van der Waals surface area contributed by atoms with E-state index in [0.717, 1.165) is 24.0 Å². The van der Waals surface area contributed by atoms with Gasteiger partial charge in [0, 0.05) is 43.1 Å². The topological polar surface area (TPSA) is 70.1 Å². The van der Waals surface area contributed by atoms with Crippen LogP contribution >= 0.6 is 0 Å². The molecule has 3 heterocycles. The van der Waals surface area contributed by atoms with Crippen LogP contribution in [0.15, 0.2) is 24.3 Å². The fraction of sp³-hybridized carbons (Fsp3) is 0.583. The lowest BCUT2D eigenvalue weighted by molar-refractivity contribution is -0.169. The molecule has 0 radical (unpaired) electrons. The van der Waals surface area contributed by atoms with Crippen molar-refractivity contribution in [1.82, 2.24) is 9.80 Å². The Bertz CT molecular complexity index is 877. The van der Waals surface area contributed by atoms with Crippen molar-refractivity contribution in [3.8, 4) is 11.8 Å². The minimum absolute atomic E-state index is 0.0367. The van der Waals surface area contributed by atoms with Gasteiger partial charge in [-0.3, -0.25) is 9.59 Å². The molecule has 0 spiro atoms. The zero-order valence-electron chi connectivity index (χ0n) is 17.1. The van der Waals surface area contributed by atoms with E-state index in [2.05, 4.69) is 24.0 Å². The number of nitrogens with zero attached hydrogens (tertiary/aromatic N) is 2. The van der Waals surface area contributed by atoms with Gasteiger partial charge in [-0.25, -0.2) is 0 Å². The van der Waals surface area contributed by atoms with Crippen LogP contribution in [0.1, 0.15) is 42.7 Å². The molecule has 0 unspecified atom stereocenters. The van der Waals surface area contributed by atoms with Crippen molar-refractivity contribution in [1.29, 1.82) is 0 Å². The maximum atomic E-state index is 13.0. The summed E-state index contributed by atoms with van der Waals surface area (Å²) in [5.41, 5.74) is 2.10. The van der Waals surface area contributed by atoms with Crippen molar-refractivity contribution in [3.63, 3.8) is 0 Å². The Balaban J connectivity index is 1.32. The molecule has 1 aliphatic carbocycles. The van der Waals surface area contributed by atoms with E-state index in [0.29, 0.717) is 25.7 Å². The SMILES string of the molecule is O=C(C1CCOCC1)N1CC(=O)N2[C@H](CO)[C@H](c3ccc(C#CC4CC4)cc3)[C@@H]2C1. The van der Waals surface area contributed by atoms with Crippen LogP contribution in [-0.2, 0) is 14.3 Å². The first-order chi connectivity index (χ1) is 14.7. The van der Waals surface area contributed by atoms with Crippen molar-refractivity contribution in [2.75, 3.05) is 32.9 Å². The van der Waals surface area contributed by atoms with E-state index in [1.165, 1.54) is 12.8 Å². The average Bonchev–Trinajstić information content (AvgIpc) is 3.59. The number of benzene rings is 1. The van der Waals surface area contributed by atoms with Gasteiger partial charge in [-0.2, -0.15) is 0 Å². The van der Waals surface area contributed by atoms with E-state index in [-0.39, 0.29) is 48.9 Å². The van der Waals surface area contributed by atoms with Gasteiger partial charge in [0.1, 0.15) is 0 Å². The van der Waals surface area contributed by atoms with E-state index < -0.39 is 0 Å². The summed E-state index contributed by atoms with van der Waals surface area (Å²) >= 11 is 0. The van der Waals surface area contributed by atoms with Gasteiger partial charge in [-0.15, -0.1) is 0 Å². The number of fused-ring (bicyclic) bond motifs is 1. The number of aliphatic hydroxyl groups is 1. The average molecular weight is 408 g/mol. The second-order valence-electron chi connectivity index (χ2n) is 8.92. The standard InChI is InChI=1S/C24H28N2O4/c27-15-21-23(18-7-5-17(6-8-18)4-3-16-1-2-16)20-13-25(14-22(28)26(20)21)24(29)19-9-11-30-12-10-19/h5-8,16,19-21,23,27H,1-2,9-15H2/t20-,21+,23+/m0/s1. The molecule has 30 heavy (non-hydrogen) atoms. The Hall–Kier alpha value is -2.36. The van der Waals surface area contributed by atoms with Crippen LogP contribution in [0, 0.1) is 23.7 Å². The summed E-state index contributed by atoms with van der Waals surface area (Å²) in [6.45, 7) is 1.81. The van der Waals surface area contributed by atoms with Crippen LogP contribution in [0.5, 0.6) is 0 Å². The number of carbonyl (C=O) groups excluding carboxylic acids is 2. The van der Waals surface area contributed by atoms with Gasteiger partial charge in [-0.05, 0) is 43.4 Å². The first-order valence-electron chi connectivity index (χ1n) is 11.1. The van der Waals surface area contributed by atoms with Crippen molar-refractivity contribution < 1.29 is 19.4 Å². The number of piperazine rings is 1. The summed E-state index contributed by atoms with van der Waals surface area (Å²) in [7, 11) is 0. The number of aliphatic hydroxyl groups excluding tert-OH is 1. The Morgan fingerprint density at radius 1 is 1.13 bits per heavy atom. The van der Waals surface area contributed by atoms with E-state index >= 15 is 0 Å². The van der Waals surface area contributed by atoms with E-state index in [4.69, 9.17) is 4.74 Å². The van der Waals surface area contributed by atoms with Crippen LogP contribution < -0.4 is 0 Å². The van der Waals surface area contributed by atoms with Gasteiger partial charge in [-0.1, -0.05) is 24.0 Å². The number of ether oxygens (including phenoxy) is 1. The Morgan fingerprint density at radius 3 is 2.53 bits per heavy atom. The second-order valence-corrected chi connectivity index (χ2v) is 8.92. The molecule has 3 atom stereocenters. The summed E-state index contributed by atoms with van der Waals surface area (Å²) in [6, 6.07) is 7.88. The molecule has 4 aliphatic rings. The van der Waals surface area contributed by atoms with Gasteiger partial charge >= 0.3 is 0 Å². The van der Waals surface area contributed by atoms with Gasteiger partial charge in [0.05, 0.1) is 25.2 Å². The predicted molar refractivity (Wildman–Crippen MR) is 110 cm³/mol. The quantitative estimate of drug-likeness (QED) is 0.767. The maximum absolute atomic E-state index is 13.0. The van der Waals surface area contributed by atoms with Crippen molar-refractivity contribution >= 4 is 11.8 Å². The summed E-state index contributed by atoms with van der Waals surface area (Å²) in [4.78, 5) is 29.3. The molecule has 6 heteroatoms. The zero-order valence-corrected chi connectivity index (χ0v) is 17.1. The van der Waals surface area contributed by atoms with Gasteiger partial charge in [0.25, 0.3) is 0 Å². The van der Waals surface area contributed by atoms with Crippen molar-refractivity contribution in [3.05, 3.63) is 35.4 Å². The molecule has 1 aromatic rings. The summed E-state index contributed by atoms with van der Waals surface area (Å²) in [5.74, 6) is 7.07. The molecule has 0 aromatic heterocycles. The largest absolute Gasteiger partial charge is 0.394 e. The molecular weight excluding hydrogens is 380 g/mol. The normalized spacial score (nSPS) is 29.0. The van der Waals surface area contributed by atoms with E-state index in [1.807, 2.05) is 12.1 Å². The number of carbonyl (C=O) groups is 2. The summed E-state index contributed by atoms with van der Waals surface area (Å²) < 4.78 is 5.37. The third-order valence-corrected chi connectivity index (χ3v) is 6.93. The van der Waals surface area contributed by atoms with E-state index in [1.54, 1.807) is 9.80 Å². The molecule has 5 rings (SSSR count). The fourth-order valence-electron chi connectivity index (χ4n) is 5.07. The molecule has 6 nitrogen and oxygen atoms in total. The van der Waals surface area contributed by atoms with Crippen LogP contribution in [0.3, 0.4) is 0 Å². The lowest BCUT2D eigenvalue weighted by atomic mass is 9.73. The van der Waals surface area contributed by atoms with Crippen LogP contribution in [0.25, 0.3) is 0 Å². The molecule has 2 amide bonds. The van der Waals surface area contributed by atoms with Crippen LogP contribution in [0.4, 0.5) is 0 Å². The van der Waals surface area contributed by atoms with Gasteiger partial charge in [0.15, 0.2) is 0 Å². The monoisotopic (exact) mass is 408 g/mol. The Kier molecular flexibility index (Phi) is 5.26. The lowest BCUT2D eigenvalue weighted by Crippen LogP contribution is -2.73. The Labute approximate surface area is 177 Å². The molecule has 0 bridgehead atoms. The smallest absolute Gasteiger partial charge is 0.242 e. The second kappa shape index (κ2) is 8.05. The van der Waals surface area contributed by atoms with Crippen molar-refractivity contribution in [2.24, 2.45) is 11.8 Å². The minimum atomic E-state index is -0.216. The molecule has 4 fully saturated rings. The predicted octanol–water partition coefficient (Wildman–Crippen LogP) is 1.37. The molecule has 158 valence electrons. The lowest BCUT2D eigenvalue weighted by Gasteiger charge is -2.59. The highest BCUT2D eigenvalue weighted by Gasteiger charge is 2.54. The Morgan fingerprint density at radius 2 is 1.87 bits per heavy atom. The van der Waals surface area contributed by atoms with Crippen molar-refractivity contribution in [2.45, 2.75) is 43.7 Å². The number of hydrogen-bond donors (Lipinski definition) is 1. The van der Waals surface area contributed by atoms with E-state index in [9.17, 15) is 14.7 Å². The zero-order chi connectivity index (χ0) is 20.7. The highest BCUT2D eigenvalue weighted by molar-refractivity contribution is 5.88. The third-order valence-electron chi connectivity index (χ3n) is 6.93. The molecule has 1 aromatic carbocycles. The van der Waals surface area contributed by atoms with Gasteiger partial charge < -0.3 is 19.6 Å². The number of hydrogen-bond acceptors (Lipinski definition) is 4. The van der Waals surface area contributed by atoms with Gasteiger partial charge in [0.2, 0.25) is 11.8 Å².